The predicted octanol–water partition coefficient (Wildman–Crippen LogP) is 3.05. The van der Waals surface area contributed by atoms with Crippen LogP contribution in [0.4, 0.5) is 0 Å². The second-order valence-electron chi connectivity index (χ2n) is 5.14. The molecule has 1 atom stereocenters. The lowest BCUT2D eigenvalue weighted by atomic mass is 9.89. The van der Waals surface area contributed by atoms with Gasteiger partial charge in [0.2, 0.25) is 5.91 Å². The minimum absolute atomic E-state index is 0.194. The monoisotopic (exact) mass is 331 g/mol. The van der Waals surface area contributed by atoms with Crippen LogP contribution in [0, 0.1) is 5.41 Å². The summed E-state index contributed by atoms with van der Waals surface area (Å²) in [6.07, 6.45) is 2.68. The highest BCUT2D eigenvalue weighted by Crippen LogP contribution is 2.21. The number of aliphatic hydroxyl groups is 1. The fourth-order valence-corrected chi connectivity index (χ4v) is 2.29. The molecule has 3 nitrogen and oxygen atoms in total. The average molecular weight is 332 g/mol. The summed E-state index contributed by atoms with van der Waals surface area (Å²) >= 11 is 4.93. The van der Waals surface area contributed by atoms with Gasteiger partial charge in [-0.05, 0) is 44.4 Å². The molecule has 1 amide bonds. The van der Waals surface area contributed by atoms with E-state index in [4.69, 9.17) is 0 Å². The third-order valence-electron chi connectivity index (χ3n) is 2.48. The Balaban J connectivity index is 2.41. The molecule has 1 aromatic heterocycles. The molecule has 18 heavy (non-hydrogen) atoms. The van der Waals surface area contributed by atoms with Crippen molar-refractivity contribution >= 4 is 39.2 Å². The molecule has 0 aliphatic heterocycles. The summed E-state index contributed by atoms with van der Waals surface area (Å²) in [4.78, 5) is 11.5. The summed E-state index contributed by atoms with van der Waals surface area (Å²) < 4.78 is 1.03. The molecule has 1 aromatic rings. The van der Waals surface area contributed by atoms with Gasteiger partial charge in [0.1, 0.15) is 0 Å². The highest BCUT2D eigenvalue weighted by atomic mass is 79.9. The van der Waals surface area contributed by atoms with E-state index in [1.165, 1.54) is 6.08 Å². The Morgan fingerprint density at radius 3 is 2.78 bits per heavy atom. The molecular formula is C13H18BrNO2S. The molecule has 100 valence electrons. The first-order valence-electron chi connectivity index (χ1n) is 5.67. The van der Waals surface area contributed by atoms with Gasteiger partial charge in [0.25, 0.3) is 0 Å². The fraction of sp³-hybridized carbons (Fsp3) is 0.462. The lowest BCUT2D eigenvalue weighted by molar-refractivity contribution is -0.117. The zero-order valence-electron chi connectivity index (χ0n) is 10.7. The first-order valence-corrected chi connectivity index (χ1v) is 7.34. The number of carbonyl (C=O) groups is 1. The molecular weight excluding hydrogens is 314 g/mol. The second-order valence-corrected chi connectivity index (χ2v) is 7.43. The molecule has 0 bridgehead atoms. The Bertz CT molecular complexity index is 434. The number of rotatable bonds is 4. The van der Waals surface area contributed by atoms with Crippen molar-refractivity contribution in [1.82, 2.24) is 5.32 Å². The Labute approximate surface area is 120 Å². The smallest absolute Gasteiger partial charge is 0.244 e. The Kier molecular flexibility index (Phi) is 5.56. The zero-order chi connectivity index (χ0) is 13.8. The summed E-state index contributed by atoms with van der Waals surface area (Å²) in [5, 5.41) is 14.4. The molecule has 1 heterocycles. The van der Waals surface area contributed by atoms with E-state index < -0.39 is 6.10 Å². The number of hydrogen-bond donors (Lipinski definition) is 2. The van der Waals surface area contributed by atoms with E-state index in [0.29, 0.717) is 0 Å². The van der Waals surface area contributed by atoms with E-state index in [0.717, 1.165) is 9.35 Å². The number of aliphatic hydroxyl groups excluding tert-OH is 1. The molecule has 0 saturated heterocycles. The second kappa shape index (κ2) is 6.50. The van der Waals surface area contributed by atoms with Crippen LogP contribution in [0.1, 0.15) is 26.3 Å². The Morgan fingerprint density at radius 1 is 1.61 bits per heavy atom. The summed E-state index contributed by atoms with van der Waals surface area (Å²) in [6, 6.07) is 1.94. The maximum Gasteiger partial charge on any atom is 0.244 e. The van der Waals surface area contributed by atoms with Gasteiger partial charge in [0, 0.05) is 12.6 Å². The number of amides is 1. The van der Waals surface area contributed by atoms with Crippen LogP contribution in [0.25, 0.3) is 6.08 Å². The van der Waals surface area contributed by atoms with Crippen molar-refractivity contribution in [2.45, 2.75) is 26.9 Å². The molecule has 2 N–H and O–H groups in total. The molecule has 0 aliphatic rings. The van der Waals surface area contributed by atoms with Crippen LogP contribution in [-0.4, -0.2) is 23.7 Å². The van der Waals surface area contributed by atoms with Crippen molar-refractivity contribution < 1.29 is 9.90 Å². The summed E-state index contributed by atoms with van der Waals surface area (Å²) in [7, 11) is 0. The topological polar surface area (TPSA) is 49.3 Å². The summed E-state index contributed by atoms with van der Waals surface area (Å²) in [5.41, 5.74) is 0.758. The normalized spacial score (nSPS) is 13.8. The van der Waals surface area contributed by atoms with Gasteiger partial charge >= 0.3 is 0 Å². The molecule has 0 spiro atoms. The van der Waals surface area contributed by atoms with E-state index in [1.54, 1.807) is 17.4 Å². The SMILES string of the molecule is CC(C)(C)C(O)CNC(=O)/C=C/c1csc(Br)c1. The average Bonchev–Trinajstić information content (AvgIpc) is 2.67. The van der Waals surface area contributed by atoms with Crippen LogP contribution in [0.3, 0.4) is 0 Å². The van der Waals surface area contributed by atoms with Crippen LogP contribution in [0.5, 0.6) is 0 Å². The molecule has 0 aliphatic carbocycles. The molecule has 0 radical (unpaired) electrons. The van der Waals surface area contributed by atoms with Crippen molar-refractivity contribution in [3.05, 3.63) is 26.9 Å². The van der Waals surface area contributed by atoms with E-state index in [-0.39, 0.29) is 17.9 Å². The number of hydrogen-bond acceptors (Lipinski definition) is 3. The van der Waals surface area contributed by atoms with Crippen LogP contribution in [-0.2, 0) is 4.79 Å². The third-order valence-corrected chi connectivity index (χ3v) is 4.01. The van der Waals surface area contributed by atoms with E-state index in [1.807, 2.05) is 32.2 Å². The number of nitrogens with one attached hydrogen (secondary N) is 1. The van der Waals surface area contributed by atoms with Gasteiger partial charge in [-0.15, -0.1) is 11.3 Å². The lowest BCUT2D eigenvalue weighted by Gasteiger charge is -2.25. The first kappa shape index (κ1) is 15.4. The minimum Gasteiger partial charge on any atom is -0.391 e. The highest BCUT2D eigenvalue weighted by Gasteiger charge is 2.21. The zero-order valence-corrected chi connectivity index (χ0v) is 13.1. The van der Waals surface area contributed by atoms with E-state index in [2.05, 4.69) is 21.2 Å². The number of carbonyl (C=O) groups excluding carboxylic acids is 1. The lowest BCUT2D eigenvalue weighted by Crippen LogP contribution is -2.38. The molecule has 1 rings (SSSR count). The molecule has 0 aromatic carbocycles. The van der Waals surface area contributed by atoms with Crippen LogP contribution >= 0.6 is 27.3 Å². The van der Waals surface area contributed by atoms with Crippen LogP contribution < -0.4 is 5.32 Å². The number of thiophene rings is 1. The predicted molar refractivity (Wildman–Crippen MR) is 79.5 cm³/mol. The van der Waals surface area contributed by atoms with Gasteiger partial charge in [-0.1, -0.05) is 20.8 Å². The van der Waals surface area contributed by atoms with E-state index >= 15 is 0 Å². The van der Waals surface area contributed by atoms with Crippen molar-refractivity contribution in [1.29, 1.82) is 0 Å². The molecule has 0 fully saturated rings. The van der Waals surface area contributed by atoms with Crippen molar-refractivity contribution in [2.75, 3.05) is 6.54 Å². The molecule has 5 heteroatoms. The van der Waals surface area contributed by atoms with Gasteiger partial charge < -0.3 is 10.4 Å². The van der Waals surface area contributed by atoms with Gasteiger partial charge in [-0.3, -0.25) is 4.79 Å². The Hall–Kier alpha value is -0.650. The van der Waals surface area contributed by atoms with Gasteiger partial charge in [-0.2, -0.15) is 0 Å². The maximum absolute atomic E-state index is 11.5. The standard InChI is InChI=1S/C13H18BrNO2S/c1-13(2,3)10(16)7-15-12(17)5-4-9-6-11(14)18-8-9/h4-6,8,10,16H,7H2,1-3H3,(H,15,17)/b5-4+. The van der Waals surface area contributed by atoms with Crippen molar-refractivity contribution in [2.24, 2.45) is 5.41 Å². The highest BCUT2D eigenvalue weighted by molar-refractivity contribution is 9.11. The fourth-order valence-electron chi connectivity index (χ4n) is 1.15. The van der Waals surface area contributed by atoms with Crippen LogP contribution in [0.15, 0.2) is 21.3 Å². The van der Waals surface area contributed by atoms with Crippen molar-refractivity contribution in [3.63, 3.8) is 0 Å². The quantitative estimate of drug-likeness (QED) is 0.833. The number of halogens is 1. The largest absolute Gasteiger partial charge is 0.391 e. The first-order chi connectivity index (χ1) is 8.29. The van der Waals surface area contributed by atoms with E-state index in [9.17, 15) is 9.90 Å². The van der Waals surface area contributed by atoms with Crippen molar-refractivity contribution in [3.8, 4) is 0 Å². The minimum atomic E-state index is -0.551. The van der Waals surface area contributed by atoms with Gasteiger partial charge in [0.15, 0.2) is 0 Å². The third kappa shape index (κ3) is 5.33. The maximum atomic E-state index is 11.5. The van der Waals surface area contributed by atoms with Crippen LogP contribution in [0.2, 0.25) is 0 Å². The van der Waals surface area contributed by atoms with Gasteiger partial charge in [-0.25, -0.2) is 0 Å². The Morgan fingerprint density at radius 2 is 2.28 bits per heavy atom. The summed E-state index contributed by atoms with van der Waals surface area (Å²) in [5.74, 6) is -0.194. The molecule has 1 unspecified atom stereocenters. The van der Waals surface area contributed by atoms with Gasteiger partial charge in [0.05, 0.1) is 9.89 Å². The summed E-state index contributed by atoms with van der Waals surface area (Å²) in [6.45, 7) is 6.06. The molecule has 0 saturated carbocycles.